The number of hydrogen-bond donors (Lipinski definition) is 2. The van der Waals surface area contributed by atoms with Crippen LogP contribution in [0.3, 0.4) is 0 Å². The van der Waals surface area contributed by atoms with E-state index in [2.05, 4.69) is 10.2 Å². The summed E-state index contributed by atoms with van der Waals surface area (Å²) < 4.78 is 0. The van der Waals surface area contributed by atoms with Crippen molar-refractivity contribution < 1.29 is 5.11 Å². The minimum absolute atomic E-state index is 0.327. The average molecular weight is 226 g/mol. The van der Waals surface area contributed by atoms with Gasteiger partial charge in [0, 0.05) is 38.8 Å². The van der Waals surface area contributed by atoms with E-state index in [0.717, 1.165) is 25.4 Å². The van der Waals surface area contributed by atoms with Crippen molar-refractivity contribution in [2.75, 3.05) is 32.8 Å². The minimum atomic E-state index is 0.327. The number of aliphatic hydroxyl groups excluding tert-OH is 1. The highest BCUT2D eigenvalue weighted by molar-refractivity contribution is 4.82. The van der Waals surface area contributed by atoms with Gasteiger partial charge in [-0.15, -0.1) is 0 Å². The van der Waals surface area contributed by atoms with E-state index in [1.54, 1.807) is 0 Å². The van der Waals surface area contributed by atoms with Gasteiger partial charge in [-0.05, 0) is 25.2 Å². The molecule has 0 aromatic carbocycles. The molecule has 1 atom stereocenters. The zero-order valence-electron chi connectivity index (χ0n) is 10.3. The van der Waals surface area contributed by atoms with E-state index in [-0.39, 0.29) is 0 Å². The molecule has 1 aliphatic carbocycles. The van der Waals surface area contributed by atoms with Gasteiger partial charge in [-0.1, -0.05) is 19.3 Å². The summed E-state index contributed by atoms with van der Waals surface area (Å²) in [6.07, 6.45) is 8.09. The fraction of sp³-hybridized carbons (Fsp3) is 1.00. The van der Waals surface area contributed by atoms with Crippen LogP contribution in [0.1, 0.15) is 38.5 Å². The Labute approximate surface area is 99.2 Å². The van der Waals surface area contributed by atoms with Crippen LogP contribution in [0.25, 0.3) is 0 Å². The molecule has 94 valence electrons. The quantitative estimate of drug-likeness (QED) is 0.756. The minimum Gasteiger partial charge on any atom is -0.396 e. The number of aliphatic hydroxyl groups is 1. The van der Waals surface area contributed by atoms with Crippen LogP contribution in [-0.2, 0) is 0 Å². The van der Waals surface area contributed by atoms with Gasteiger partial charge < -0.3 is 10.4 Å². The Kier molecular flexibility index (Phi) is 5.07. The predicted octanol–water partition coefficient (Wildman–Crippen LogP) is 1.22. The standard InChI is InChI=1S/C13H26N2O/c16-9-6-13-10-14-7-8-15(13)11-12-4-2-1-3-5-12/h12-14,16H,1-11H2. The average Bonchev–Trinajstić information content (AvgIpc) is 2.33. The van der Waals surface area contributed by atoms with E-state index < -0.39 is 0 Å². The van der Waals surface area contributed by atoms with E-state index in [0.29, 0.717) is 12.6 Å². The molecule has 2 fully saturated rings. The van der Waals surface area contributed by atoms with Gasteiger partial charge in [0.05, 0.1) is 0 Å². The second-order valence-corrected chi connectivity index (χ2v) is 5.37. The summed E-state index contributed by atoms with van der Waals surface area (Å²) in [5.41, 5.74) is 0. The van der Waals surface area contributed by atoms with Crippen LogP contribution in [0.5, 0.6) is 0 Å². The first-order chi connectivity index (χ1) is 7.90. The smallest absolute Gasteiger partial charge is 0.0446 e. The van der Waals surface area contributed by atoms with Crippen molar-refractivity contribution in [2.45, 2.75) is 44.6 Å². The van der Waals surface area contributed by atoms with Crippen molar-refractivity contribution in [1.82, 2.24) is 10.2 Å². The Bertz CT molecular complexity index is 190. The maximum absolute atomic E-state index is 9.09. The zero-order valence-corrected chi connectivity index (χ0v) is 10.3. The number of hydrogen-bond acceptors (Lipinski definition) is 3. The van der Waals surface area contributed by atoms with Crippen LogP contribution in [-0.4, -0.2) is 48.8 Å². The lowest BCUT2D eigenvalue weighted by Gasteiger charge is -2.39. The highest BCUT2D eigenvalue weighted by atomic mass is 16.3. The van der Waals surface area contributed by atoms with Crippen molar-refractivity contribution in [3.05, 3.63) is 0 Å². The molecule has 1 saturated carbocycles. The van der Waals surface area contributed by atoms with Crippen molar-refractivity contribution in [2.24, 2.45) is 5.92 Å². The highest BCUT2D eigenvalue weighted by Crippen LogP contribution is 2.25. The Balaban J connectivity index is 1.80. The third kappa shape index (κ3) is 3.44. The topological polar surface area (TPSA) is 35.5 Å². The van der Waals surface area contributed by atoms with E-state index in [1.807, 2.05) is 0 Å². The molecule has 0 spiro atoms. The third-order valence-electron chi connectivity index (χ3n) is 4.15. The SMILES string of the molecule is OCCC1CNCCN1CC1CCCCC1. The van der Waals surface area contributed by atoms with Gasteiger partial charge in [0.15, 0.2) is 0 Å². The number of nitrogens with one attached hydrogen (secondary N) is 1. The first kappa shape index (κ1) is 12.3. The van der Waals surface area contributed by atoms with Gasteiger partial charge in [0.2, 0.25) is 0 Å². The maximum Gasteiger partial charge on any atom is 0.0446 e. The summed E-state index contributed by atoms with van der Waals surface area (Å²) in [6, 6.07) is 0.570. The van der Waals surface area contributed by atoms with Gasteiger partial charge in [0.1, 0.15) is 0 Å². The number of piperazine rings is 1. The van der Waals surface area contributed by atoms with Gasteiger partial charge >= 0.3 is 0 Å². The Morgan fingerprint density at radius 3 is 2.75 bits per heavy atom. The Morgan fingerprint density at radius 1 is 1.19 bits per heavy atom. The van der Waals surface area contributed by atoms with Gasteiger partial charge in [-0.25, -0.2) is 0 Å². The Hall–Kier alpha value is -0.120. The summed E-state index contributed by atoms with van der Waals surface area (Å²) in [4.78, 5) is 2.61. The molecule has 0 aromatic heterocycles. The summed E-state index contributed by atoms with van der Waals surface area (Å²) in [7, 11) is 0. The molecule has 3 heteroatoms. The molecule has 2 N–H and O–H groups in total. The highest BCUT2D eigenvalue weighted by Gasteiger charge is 2.24. The van der Waals surface area contributed by atoms with Crippen molar-refractivity contribution in [1.29, 1.82) is 0 Å². The molecule has 1 aliphatic heterocycles. The van der Waals surface area contributed by atoms with E-state index in [4.69, 9.17) is 5.11 Å². The van der Waals surface area contributed by atoms with Crippen molar-refractivity contribution in [3.63, 3.8) is 0 Å². The second kappa shape index (κ2) is 6.58. The van der Waals surface area contributed by atoms with Gasteiger partial charge in [0.25, 0.3) is 0 Å². The van der Waals surface area contributed by atoms with E-state index >= 15 is 0 Å². The predicted molar refractivity (Wildman–Crippen MR) is 66.5 cm³/mol. The van der Waals surface area contributed by atoms with Crippen LogP contribution in [0, 0.1) is 5.92 Å². The van der Waals surface area contributed by atoms with Crippen LogP contribution in [0.15, 0.2) is 0 Å². The van der Waals surface area contributed by atoms with Gasteiger partial charge in [-0.3, -0.25) is 4.90 Å². The lowest BCUT2D eigenvalue weighted by Crippen LogP contribution is -2.52. The summed E-state index contributed by atoms with van der Waals surface area (Å²) in [6.45, 7) is 4.95. The molecule has 1 unspecified atom stereocenters. The summed E-state index contributed by atoms with van der Waals surface area (Å²) in [5.74, 6) is 0.924. The van der Waals surface area contributed by atoms with Crippen molar-refractivity contribution >= 4 is 0 Å². The molecule has 16 heavy (non-hydrogen) atoms. The first-order valence-electron chi connectivity index (χ1n) is 6.96. The lowest BCUT2D eigenvalue weighted by molar-refractivity contribution is 0.103. The largest absolute Gasteiger partial charge is 0.396 e. The fourth-order valence-electron chi connectivity index (χ4n) is 3.18. The molecule has 2 aliphatic rings. The Morgan fingerprint density at radius 2 is 2.00 bits per heavy atom. The second-order valence-electron chi connectivity index (χ2n) is 5.37. The molecule has 0 bridgehead atoms. The summed E-state index contributed by atoms with van der Waals surface area (Å²) >= 11 is 0. The van der Waals surface area contributed by atoms with E-state index in [1.165, 1.54) is 45.2 Å². The van der Waals surface area contributed by atoms with Crippen LogP contribution < -0.4 is 5.32 Å². The lowest BCUT2D eigenvalue weighted by atomic mass is 9.88. The number of rotatable bonds is 4. The molecule has 1 saturated heterocycles. The maximum atomic E-state index is 9.09. The van der Waals surface area contributed by atoms with Gasteiger partial charge in [-0.2, -0.15) is 0 Å². The summed E-state index contributed by atoms with van der Waals surface area (Å²) in [5, 5.41) is 12.5. The van der Waals surface area contributed by atoms with Crippen LogP contribution >= 0.6 is 0 Å². The number of nitrogens with zero attached hydrogens (tertiary/aromatic N) is 1. The molecular formula is C13H26N2O. The molecule has 0 aromatic rings. The van der Waals surface area contributed by atoms with Crippen LogP contribution in [0.2, 0.25) is 0 Å². The fourth-order valence-corrected chi connectivity index (χ4v) is 3.18. The molecule has 0 radical (unpaired) electrons. The molecule has 3 nitrogen and oxygen atoms in total. The van der Waals surface area contributed by atoms with Crippen LogP contribution in [0.4, 0.5) is 0 Å². The zero-order chi connectivity index (χ0) is 11.2. The van der Waals surface area contributed by atoms with Crippen molar-refractivity contribution in [3.8, 4) is 0 Å². The van der Waals surface area contributed by atoms with E-state index in [9.17, 15) is 0 Å². The third-order valence-corrected chi connectivity index (χ3v) is 4.15. The molecule has 2 rings (SSSR count). The normalized spacial score (nSPS) is 29.4. The molecule has 0 amide bonds. The molecular weight excluding hydrogens is 200 g/mol. The molecule has 1 heterocycles. The first-order valence-corrected chi connectivity index (χ1v) is 6.96. The monoisotopic (exact) mass is 226 g/mol.